The van der Waals surface area contributed by atoms with E-state index in [0.29, 0.717) is 13.1 Å². The first kappa shape index (κ1) is 14.5. The molecule has 0 saturated carbocycles. The average Bonchev–Trinajstić information content (AvgIpc) is 2.25. The number of rotatable bonds is 3. The highest BCUT2D eigenvalue weighted by atomic mass is 79.9. The van der Waals surface area contributed by atoms with Gasteiger partial charge in [0.1, 0.15) is 0 Å². The molecule has 0 saturated heterocycles. The summed E-state index contributed by atoms with van der Waals surface area (Å²) in [6.07, 6.45) is 0. The number of halogens is 2. The fourth-order valence-corrected chi connectivity index (χ4v) is 3.13. The van der Waals surface area contributed by atoms with Gasteiger partial charge in [-0.25, -0.2) is 4.79 Å². The van der Waals surface area contributed by atoms with E-state index in [9.17, 15) is 4.79 Å². The summed E-state index contributed by atoms with van der Waals surface area (Å²) < 4.78 is 1.76. The minimum atomic E-state index is -0.0831. The number of hydrogen-bond donors (Lipinski definition) is 1. The Bertz CT molecular complexity index is 394. The molecular weight excluding hydrogens is 348 g/mol. The highest BCUT2D eigenvalue weighted by molar-refractivity contribution is 9.11. The van der Waals surface area contributed by atoms with Crippen molar-refractivity contribution in [1.29, 1.82) is 0 Å². The quantitative estimate of drug-likeness (QED) is 0.848. The summed E-state index contributed by atoms with van der Waals surface area (Å²) in [6.45, 7) is 7.32. The number of nitrogens with zero attached hydrogens (tertiary/aromatic N) is 1. The van der Waals surface area contributed by atoms with Crippen LogP contribution in [0.1, 0.15) is 19.4 Å². The van der Waals surface area contributed by atoms with E-state index in [1.54, 1.807) is 4.90 Å². The summed E-state index contributed by atoms with van der Waals surface area (Å²) >= 11 is 6.91. The summed E-state index contributed by atoms with van der Waals surface area (Å²) in [5, 5.41) is 2.90. The molecule has 0 bridgehead atoms. The molecule has 3 nitrogen and oxygen atoms in total. The summed E-state index contributed by atoms with van der Waals surface area (Å²) in [7, 11) is 0. The minimum Gasteiger partial charge on any atom is -0.325 e. The van der Waals surface area contributed by atoms with Crippen molar-refractivity contribution < 1.29 is 4.79 Å². The van der Waals surface area contributed by atoms with Crippen LogP contribution in [0.5, 0.6) is 0 Å². The van der Waals surface area contributed by atoms with Crippen molar-refractivity contribution in [3.05, 3.63) is 26.6 Å². The van der Waals surface area contributed by atoms with Crippen molar-refractivity contribution in [2.45, 2.75) is 20.8 Å². The van der Waals surface area contributed by atoms with E-state index in [1.807, 2.05) is 32.9 Å². The van der Waals surface area contributed by atoms with Crippen LogP contribution >= 0.6 is 31.9 Å². The maximum Gasteiger partial charge on any atom is 0.321 e. The van der Waals surface area contributed by atoms with Crippen LogP contribution in [-0.2, 0) is 0 Å². The standard InChI is InChI=1S/C12H16Br2N2O/c1-4-16(5-2)12(17)15-11-9(13)6-8(3)7-10(11)14/h6-7H,4-5H2,1-3H3,(H,15,17). The molecule has 17 heavy (non-hydrogen) atoms. The fourth-order valence-electron chi connectivity index (χ4n) is 1.52. The molecule has 0 spiro atoms. The Balaban J connectivity index is 2.92. The fraction of sp³-hybridized carbons (Fsp3) is 0.417. The van der Waals surface area contributed by atoms with Gasteiger partial charge in [-0.05, 0) is 70.3 Å². The normalized spacial score (nSPS) is 10.2. The van der Waals surface area contributed by atoms with E-state index in [-0.39, 0.29) is 6.03 Å². The number of anilines is 1. The molecule has 0 aliphatic carbocycles. The molecule has 1 rings (SSSR count). The van der Waals surface area contributed by atoms with Gasteiger partial charge >= 0.3 is 6.03 Å². The van der Waals surface area contributed by atoms with E-state index in [2.05, 4.69) is 37.2 Å². The Kier molecular flexibility index (Phi) is 5.46. The summed E-state index contributed by atoms with van der Waals surface area (Å²) in [5.41, 5.74) is 1.90. The molecule has 0 fully saturated rings. The van der Waals surface area contributed by atoms with Crippen LogP contribution in [0.15, 0.2) is 21.1 Å². The van der Waals surface area contributed by atoms with E-state index < -0.39 is 0 Å². The molecule has 5 heteroatoms. The molecule has 1 aromatic carbocycles. The molecule has 0 radical (unpaired) electrons. The van der Waals surface area contributed by atoms with E-state index in [1.165, 1.54) is 0 Å². The van der Waals surface area contributed by atoms with Gasteiger partial charge in [0, 0.05) is 22.0 Å². The maximum absolute atomic E-state index is 11.9. The lowest BCUT2D eigenvalue weighted by Crippen LogP contribution is -2.34. The van der Waals surface area contributed by atoms with Crippen LogP contribution in [0, 0.1) is 6.92 Å². The number of aryl methyl sites for hydroxylation is 1. The SMILES string of the molecule is CCN(CC)C(=O)Nc1c(Br)cc(C)cc1Br. The highest BCUT2D eigenvalue weighted by Gasteiger charge is 2.13. The first-order valence-electron chi connectivity index (χ1n) is 5.51. The molecule has 0 heterocycles. The van der Waals surface area contributed by atoms with Gasteiger partial charge in [0.2, 0.25) is 0 Å². The first-order chi connectivity index (χ1) is 7.99. The molecule has 2 amide bonds. The third-order valence-electron chi connectivity index (χ3n) is 2.47. The van der Waals surface area contributed by atoms with Gasteiger partial charge in [-0.3, -0.25) is 0 Å². The van der Waals surface area contributed by atoms with E-state index in [4.69, 9.17) is 0 Å². The van der Waals surface area contributed by atoms with Crippen LogP contribution in [0.25, 0.3) is 0 Å². The van der Waals surface area contributed by atoms with Gasteiger partial charge in [-0.1, -0.05) is 0 Å². The lowest BCUT2D eigenvalue weighted by molar-refractivity contribution is 0.217. The van der Waals surface area contributed by atoms with Crippen molar-refractivity contribution in [2.75, 3.05) is 18.4 Å². The zero-order valence-electron chi connectivity index (χ0n) is 10.2. The molecule has 1 N–H and O–H groups in total. The summed E-state index contributed by atoms with van der Waals surface area (Å²) in [6, 6.07) is 3.87. The molecule has 1 aromatic rings. The third-order valence-corrected chi connectivity index (χ3v) is 3.72. The molecule has 0 aliphatic rings. The topological polar surface area (TPSA) is 32.3 Å². The van der Waals surface area contributed by atoms with Crippen LogP contribution < -0.4 is 5.32 Å². The van der Waals surface area contributed by atoms with Crippen LogP contribution in [-0.4, -0.2) is 24.0 Å². The Hall–Kier alpha value is -0.550. The average molecular weight is 364 g/mol. The second-order valence-corrected chi connectivity index (χ2v) is 5.41. The number of urea groups is 1. The molecule has 0 atom stereocenters. The highest BCUT2D eigenvalue weighted by Crippen LogP contribution is 2.32. The van der Waals surface area contributed by atoms with Gasteiger partial charge in [0.05, 0.1) is 5.69 Å². The summed E-state index contributed by atoms with van der Waals surface area (Å²) in [5.74, 6) is 0. The number of hydrogen-bond acceptors (Lipinski definition) is 1. The van der Waals surface area contributed by atoms with Gasteiger partial charge in [-0.15, -0.1) is 0 Å². The van der Waals surface area contributed by atoms with Gasteiger partial charge < -0.3 is 10.2 Å². The molecule has 0 aliphatic heterocycles. The van der Waals surface area contributed by atoms with E-state index in [0.717, 1.165) is 20.2 Å². The molecule has 0 aromatic heterocycles. The van der Waals surface area contributed by atoms with Gasteiger partial charge in [-0.2, -0.15) is 0 Å². The van der Waals surface area contributed by atoms with Gasteiger partial charge in [0.15, 0.2) is 0 Å². The number of carbonyl (C=O) groups is 1. The minimum absolute atomic E-state index is 0.0831. The Morgan fingerprint density at radius 1 is 1.24 bits per heavy atom. The predicted molar refractivity (Wildman–Crippen MR) is 78.5 cm³/mol. The molecule has 94 valence electrons. The van der Waals surface area contributed by atoms with Crippen LogP contribution in [0.3, 0.4) is 0 Å². The number of nitrogens with one attached hydrogen (secondary N) is 1. The Labute approximate surface area is 119 Å². The van der Waals surface area contributed by atoms with Gasteiger partial charge in [0.25, 0.3) is 0 Å². The Morgan fingerprint density at radius 2 is 1.71 bits per heavy atom. The lowest BCUT2D eigenvalue weighted by atomic mass is 10.2. The van der Waals surface area contributed by atoms with Crippen LogP contribution in [0.2, 0.25) is 0 Å². The summed E-state index contributed by atoms with van der Waals surface area (Å²) in [4.78, 5) is 13.7. The van der Waals surface area contributed by atoms with Crippen molar-refractivity contribution in [3.63, 3.8) is 0 Å². The maximum atomic E-state index is 11.9. The van der Waals surface area contributed by atoms with E-state index >= 15 is 0 Å². The van der Waals surface area contributed by atoms with Crippen molar-refractivity contribution in [3.8, 4) is 0 Å². The lowest BCUT2D eigenvalue weighted by Gasteiger charge is -2.20. The van der Waals surface area contributed by atoms with Crippen LogP contribution in [0.4, 0.5) is 10.5 Å². The second-order valence-electron chi connectivity index (χ2n) is 3.71. The Morgan fingerprint density at radius 3 is 2.12 bits per heavy atom. The number of benzene rings is 1. The molecular formula is C12H16Br2N2O. The van der Waals surface area contributed by atoms with Crippen molar-refractivity contribution >= 4 is 43.6 Å². The zero-order valence-corrected chi connectivity index (χ0v) is 13.4. The third kappa shape index (κ3) is 3.71. The number of carbonyl (C=O) groups excluding carboxylic acids is 1. The molecule has 0 unspecified atom stereocenters. The first-order valence-corrected chi connectivity index (χ1v) is 7.09. The van der Waals surface area contributed by atoms with Crippen molar-refractivity contribution in [1.82, 2.24) is 4.90 Å². The smallest absolute Gasteiger partial charge is 0.321 e. The van der Waals surface area contributed by atoms with Crippen molar-refractivity contribution in [2.24, 2.45) is 0 Å². The zero-order chi connectivity index (χ0) is 13.0. The monoisotopic (exact) mass is 362 g/mol. The largest absolute Gasteiger partial charge is 0.325 e. The second kappa shape index (κ2) is 6.40. The predicted octanol–water partition coefficient (Wildman–Crippen LogP) is 4.39. The number of amides is 2.